The standard InChI is InChI=1S/C34H23Br/c35-33-19-17-28(18-20-33)27-11-9-24(10-12-27)21-34(31-15-13-25-5-1-3-7-29(25)22-31)32-16-14-26-6-2-4-8-30(26)23-32/h1-23H. The molecule has 35 heavy (non-hydrogen) atoms. The quantitative estimate of drug-likeness (QED) is 0.207. The number of benzene rings is 6. The molecule has 0 aliphatic heterocycles. The van der Waals surface area contributed by atoms with Gasteiger partial charge in [-0.25, -0.2) is 0 Å². The van der Waals surface area contributed by atoms with Gasteiger partial charge in [-0.2, -0.15) is 0 Å². The molecule has 0 nitrogen and oxygen atoms in total. The van der Waals surface area contributed by atoms with Crippen molar-refractivity contribution in [2.24, 2.45) is 0 Å². The summed E-state index contributed by atoms with van der Waals surface area (Å²) < 4.78 is 1.09. The van der Waals surface area contributed by atoms with Crippen molar-refractivity contribution in [2.75, 3.05) is 0 Å². The second kappa shape index (κ2) is 9.37. The molecule has 0 N–H and O–H groups in total. The van der Waals surface area contributed by atoms with Crippen LogP contribution in [0.2, 0.25) is 0 Å². The number of halogens is 1. The van der Waals surface area contributed by atoms with Crippen LogP contribution in [-0.2, 0) is 0 Å². The van der Waals surface area contributed by atoms with E-state index in [1.54, 1.807) is 0 Å². The van der Waals surface area contributed by atoms with Gasteiger partial charge in [-0.15, -0.1) is 0 Å². The van der Waals surface area contributed by atoms with Gasteiger partial charge in [0.05, 0.1) is 0 Å². The molecule has 0 aliphatic carbocycles. The summed E-state index contributed by atoms with van der Waals surface area (Å²) in [7, 11) is 0. The number of hydrogen-bond acceptors (Lipinski definition) is 0. The first-order valence-electron chi connectivity index (χ1n) is 11.8. The Morgan fingerprint density at radius 1 is 0.457 bits per heavy atom. The van der Waals surface area contributed by atoms with E-state index in [0.29, 0.717) is 0 Å². The van der Waals surface area contributed by atoms with E-state index < -0.39 is 0 Å². The first-order valence-corrected chi connectivity index (χ1v) is 12.6. The van der Waals surface area contributed by atoms with Gasteiger partial charge < -0.3 is 0 Å². The average Bonchev–Trinajstić information content (AvgIpc) is 2.92. The van der Waals surface area contributed by atoms with Gasteiger partial charge in [0.25, 0.3) is 0 Å². The highest BCUT2D eigenvalue weighted by Gasteiger charge is 2.09. The molecule has 0 bridgehead atoms. The van der Waals surface area contributed by atoms with Crippen molar-refractivity contribution in [3.8, 4) is 11.1 Å². The molecule has 0 saturated heterocycles. The summed E-state index contributed by atoms with van der Waals surface area (Å²) in [4.78, 5) is 0. The summed E-state index contributed by atoms with van der Waals surface area (Å²) in [5.41, 5.74) is 7.27. The molecule has 0 heterocycles. The van der Waals surface area contributed by atoms with E-state index in [1.165, 1.54) is 54.9 Å². The minimum absolute atomic E-state index is 1.09. The minimum atomic E-state index is 1.09. The molecule has 0 atom stereocenters. The van der Waals surface area contributed by atoms with Gasteiger partial charge in [-0.1, -0.05) is 125 Å². The van der Waals surface area contributed by atoms with Crippen LogP contribution < -0.4 is 0 Å². The predicted molar refractivity (Wildman–Crippen MR) is 154 cm³/mol. The lowest BCUT2D eigenvalue weighted by Gasteiger charge is -2.12. The third kappa shape index (κ3) is 4.56. The molecule has 0 unspecified atom stereocenters. The molecule has 0 aromatic heterocycles. The number of fused-ring (bicyclic) bond motifs is 2. The summed E-state index contributed by atoms with van der Waals surface area (Å²) in [6.07, 6.45) is 2.31. The highest BCUT2D eigenvalue weighted by atomic mass is 79.9. The maximum absolute atomic E-state index is 3.52. The Morgan fingerprint density at radius 2 is 0.914 bits per heavy atom. The number of hydrogen-bond donors (Lipinski definition) is 0. The van der Waals surface area contributed by atoms with Gasteiger partial charge in [0.15, 0.2) is 0 Å². The van der Waals surface area contributed by atoms with Crippen LogP contribution in [0.15, 0.2) is 138 Å². The van der Waals surface area contributed by atoms with Crippen LogP contribution in [0.1, 0.15) is 16.7 Å². The zero-order valence-electron chi connectivity index (χ0n) is 19.2. The van der Waals surface area contributed by atoms with Crippen LogP contribution in [0.25, 0.3) is 44.3 Å². The van der Waals surface area contributed by atoms with Gasteiger partial charge in [-0.3, -0.25) is 0 Å². The van der Waals surface area contributed by atoms with E-state index in [0.717, 1.165) is 4.47 Å². The van der Waals surface area contributed by atoms with E-state index in [-0.39, 0.29) is 0 Å². The van der Waals surface area contributed by atoms with Crippen molar-refractivity contribution in [1.29, 1.82) is 0 Å². The van der Waals surface area contributed by atoms with Gasteiger partial charge in [-0.05, 0) is 85.3 Å². The van der Waals surface area contributed by atoms with E-state index in [4.69, 9.17) is 0 Å². The first-order chi connectivity index (χ1) is 17.2. The van der Waals surface area contributed by atoms with Gasteiger partial charge >= 0.3 is 0 Å². The van der Waals surface area contributed by atoms with Crippen molar-refractivity contribution in [3.05, 3.63) is 155 Å². The van der Waals surface area contributed by atoms with Crippen molar-refractivity contribution < 1.29 is 0 Å². The smallest absolute Gasteiger partial charge is 0.0175 e. The molecule has 1 heteroatoms. The zero-order valence-corrected chi connectivity index (χ0v) is 20.7. The molecular weight excluding hydrogens is 488 g/mol. The maximum Gasteiger partial charge on any atom is 0.0175 e. The third-order valence-corrected chi connectivity index (χ3v) is 7.05. The Hall–Kier alpha value is -3.94. The Bertz CT molecular complexity index is 1590. The molecule has 0 fully saturated rings. The highest BCUT2D eigenvalue weighted by molar-refractivity contribution is 9.10. The fourth-order valence-electron chi connectivity index (χ4n) is 4.63. The Kier molecular flexibility index (Phi) is 5.78. The SMILES string of the molecule is Brc1ccc(-c2ccc(C=C(c3ccc4ccccc4c3)c3ccc4ccccc4c3)cc2)cc1. The fourth-order valence-corrected chi connectivity index (χ4v) is 4.89. The third-order valence-electron chi connectivity index (χ3n) is 6.52. The van der Waals surface area contributed by atoms with Crippen LogP contribution in [0.4, 0.5) is 0 Å². The molecule has 0 aliphatic rings. The molecule has 6 aromatic rings. The van der Waals surface area contributed by atoms with E-state index >= 15 is 0 Å². The summed E-state index contributed by atoms with van der Waals surface area (Å²) >= 11 is 3.52. The average molecular weight is 511 g/mol. The van der Waals surface area contributed by atoms with E-state index in [2.05, 4.69) is 155 Å². The Balaban J connectivity index is 1.47. The lowest BCUT2D eigenvalue weighted by atomic mass is 9.92. The van der Waals surface area contributed by atoms with Crippen molar-refractivity contribution in [2.45, 2.75) is 0 Å². The van der Waals surface area contributed by atoms with Crippen LogP contribution in [-0.4, -0.2) is 0 Å². The second-order valence-electron chi connectivity index (χ2n) is 8.81. The first kappa shape index (κ1) is 21.6. The lowest BCUT2D eigenvalue weighted by molar-refractivity contribution is 1.57. The molecule has 0 amide bonds. The van der Waals surface area contributed by atoms with Crippen LogP contribution >= 0.6 is 15.9 Å². The zero-order chi connectivity index (χ0) is 23.6. The predicted octanol–water partition coefficient (Wildman–Crippen LogP) is 10.0. The Labute approximate surface area is 214 Å². The van der Waals surface area contributed by atoms with Crippen molar-refractivity contribution in [1.82, 2.24) is 0 Å². The summed E-state index contributed by atoms with van der Waals surface area (Å²) in [6, 6.07) is 47.9. The number of rotatable bonds is 4. The van der Waals surface area contributed by atoms with E-state index in [1.807, 2.05) is 0 Å². The molecule has 6 rings (SSSR count). The van der Waals surface area contributed by atoms with Crippen LogP contribution in [0.5, 0.6) is 0 Å². The largest absolute Gasteiger partial charge is 0.0616 e. The molecule has 0 spiro atoms. The van der Waals surface area contributed by atoms with Crippen molar-refractivity contribution in [3.63, 3.8) is 0 Å². The van der Waals surface area contributed by atoms with Crippen LogP contribution in [0, 0.1) is 0 Å². The Morgan fingerprint density at radius 3 is 1.43 bits per heavy atom. The topological polar surface area (TPSA) is 0 Å². The summed E-state index contributed by atoms with van der Waals surface area (Å²) in [5, 5.41) is 5.02. The fraction of sp³-hybridized carbons (Fsp3) is 0. The molecule has 6 aromatic carbocycles. The monoisotopic (exact) mass is 510 g/mol. The maximum atomic E-state index is 3.52. The molecule has 0 saturated carbocycles. The summed E-state index contributed by atoms with van der Waals surface area (Å²) in [6.45, 7) is 0. The van der Waals surface area contributed by atoms with Crippen molar-refractivity contribution >= 4 is 49.1 Å². The van der Waals surface area contributed by atoms with E-state index in [9.17, 15) is 0 Å². The lowest BCUT2D eigenvalue weighted by Crippen LogP contribution is -1.90. The van der Waals surface area contributed by atoms with Gasteiger partial charge in [0.2, 0.25) is 0 Å². The van der Waals surface area contributed by atoms with Gasteiger partial charge in [0, 0.05) is 4.47 Å². The summed E-state index contributed by atoms with van der Waals surface area (Å²) in [5.74, 6) is 0. The minimum Gasteiger partial charge on any atom is -0.0616 e. The highest BCUT2D eigenvalue weighted by Crippen LogP contribution is 2.31. The van der Waals surface area contributed by atoms with Gasteiger partial charge in [0.1, 0.15) is 0 Å². The second-order valence-corrected chi connectivity index (χ2v) is 9.73. The molecule has 0 radical (unpaired) electrons. The normalized spacial score (nSPS) is 11.0. The van der Waals surface area contributed by atoms with Crippen LogP contribution in [0.3, 0.4) is 0 Å². The molecular formula is C34H23Br. The molecule has 166 valence electrons.